The maximum absolute atomic E-state index is 11.0. The quantitative estimate of drug-likeness (QED) is 0.723. The molecule has 0 unspecified atom stereocenters. The number of rotatable bonds is 4. The third-order valence-corrected chi connectivity index (χ3v) is 2.44. The van der Waals surface area contributed by atoms with Crippen LogP contribution < -0.4 is 5.73 Å². The third-order valence-electron chi connectivity index (χ3n) is 2.44. The third kappa shape index (κ3) is 3.22. The molecule has 0 radical (unpaired) electrons. The Morgan fingerprint density at radius 2 is 2.18 bits per heavy atom. The van der Waals surface area contributed by atoms with E-state index in [0.717, 1.165) is 0 Å². The number of halogens is 1. The molecule has 0 aliphatic heterocycles. The molecule has 0 spiro atoms. The fraction of sp³-hybridized carbons (Fsp3) is 0.250. The van der Waals surface area contributed by atoms with Crippen LogP contribution in [0, 0.1) is 6.92 Å². The van der Waals surface area contributed by atoms with Gasteiger partial charge in [-0.1, -0.05) is 12.1 Å². The largest absolute Gasteiger partial charge is 0.507 e. The van der Waals surface area contributed by atoms with Crippen LogP contribution in [-0.4, -0.2) is 16.2 Å². The average molecular weight is 258 g/mol. The summed E-state index contributed by atoms with van der Waals surface area (Å²) in [7, 11) is 0. The minimum Gasteiger partial charge on any atom is -0.507 e. The molecule has 0 saturated heterocycles. The molecule has 4 N–H and O–H groups in total. The normalized spacial score (nSPS) is 11.4. The molecule has 5 heteroatoms. The molecule has 0 heterocycles. The molecule has 0 aliphatic carbocycles. The van der Waals surface area contributed by atoms with Crippen molar-refractivity contribution in [1.29, 1.82) is 0 Å². The van der Waals surface area contributed by atoms with Gasteiger partial charge in [-0.05, 0) is 25.0 Å². The van der Waals surface area contributed by atoms with E-state index in [9.17, 15) is 9.90 Å². The summed E-state index contributed by atoms with van der Waals surface area (Å²) in [5, 5.41) is 18.9. The highest BCUT2D eigenvalue weighted by Gasteiger charge is 2.20. The highest BCUT2D eigenvalue weighted by molar-refractivity contribution is 5.90. The summed E-state index contributed by atoms with van der Waals surface area (Å²) in [5.74, 6) is -1.14. The summed E-state index contributed by atoms with van der Waals surface area (Å²) in [6.07, 6.45) is 2.01. The fourth-order valence-corrected chi connectivity index (χ4v) is 1.58. The van der Waals surface area contributed by atoms with Crippen molar-refractivity contribution in [3.05, 3.63) is 41.5 Å². The maximum atomic E-state index is 11.0. The molecule has 1 aromatic rings. The van der Waals surface area contributed by atoms with E-state index in [4.69, 9.17) is 10.8 Å². The van der Waals surface area contributed by atoms with Gasteiger partial charge < -0.3 is 15.9 Å². The van der Waals surface area contributed by atoms with Gasteiger partial charge in [0.25, 0.3) is 0 Å². The lowest BCUT2D eigenvalue weighted by Gasteiger charge is -2.16. The van der Waals surface area contributed by atoms with E-state index in [1.54, 1.807) is 19.1 Å². The van der Waals surface area contributed by atoms with Crippen LogP contribution in [0.2, 0.25) is 0 Å². The topological polar surface area (TPSA) is 83.6 Å². The number of carboxylic acids is 1. The number of carbonyl (C=O) groups is 1. The smallest absolute Gasteiger partial charge is 0.336 e. The standard InChI is InChI=1S/C12H15NO3.ClH/c1-3-4-9(13)10-8(12(15)16)6-5-7(2)11(10)14;/h3,5-6,9,14H,1,4,13H2,2H3,(H,15,16);1H/t9-;/m1./s1. The Morgan fingerprint density at radius 3 is 2.65 bits per heavy atom. The second-order valence-electron chi connectivity index (χ2n) is 3.63. The van der Waals surface area contributed by atoms with Crippen LogP contribution in [0.15, 0.2) is 24.8 Å². The summed E-state index contributed by atoms with van der Waals surface area (Å²) in [6.45, 7) is 5.24. The van der Waals surface area contributed by atoms with Crippen LogP contribution >= 0.6 is 12.4 Å². The van der Waals surface area contributed by atoms with Gasteiger partial charge in [0.1, 0.15) is 5.75 Å². The van der Waals surface area contributed by atoms with Crippen LogP contribution in [0.1, 0.15) is 33.9 Å². The number of carboxylic acid groups (broad SMARTS) is 1. The van der Waals surface area contributed by atoms with Crippen molar-refractivity contribution < 1.29 is 15.0 Å². The van der Waals surface area contributed by atoms with Gasteiger partial charge in [0, 0.05) is 11.6 Å². The van der Waals surface area contributed by atoms with Gasteiger partial charge in [-0.2, -0.15) is 0 Å². The molecule has 17 heavy (non-hydrogen) atoms. The zero-order valence-electron chi connectivity index (χ0n) is 9.51. The fourth-order valence-electron chi connectivity index (χ4n) is 1.58. The van der Waals surface area contributed by atoms with Crippen LogP contribution in [0.5, 0.6) is 5.75 Å². The lowest BCUT2D eigenvalue weighted by molar-refractivity contribution is 0.0694. The van der Waals surface area contributed by atoms with Crippen molar-refractivity contribution in [3.63, 3.8) is 0 Å². The van der Waals surface area contributed by atoms with Crippen molar-refractivity contribution in [2.75, 3.05) is 0 Å². The zero-order chi connectivity index (χ0) is 12.3. The second-order valence-corrected chi connectivity index (χ2v) is 3.63. The SMILES string of the molecule is C=CC[C@@H](N)c1c(C(=O)O)ccc(C)c1O.Cl. The number of aromatic hydroxyl groups is 1. The molecule has 1 rings (SSSR count). The molecule has 1 atom stereocenters. The first-order chi connectivity index (χ1) is 7.49. The average Bonchev–Trinajstić information content (AvgIpc) is 2.21. The molecule has 0 fully saturated rings. The van der Waals surface area contributed by atoms with Gasteiger partial charge in [-0.3, -0.25) is 0 Å². The van der Waals surface area contributed by atoms with Gasteiger partial charge >= 0.3 is 5.97 Å². The van der Waals surface area contributed by atoms with Crippen LogP contribution in [-0.2, 0) is 0 Å². The Morgan fingerprint density at radius 1 is 1.59 bits per heavy atom. The monoisotopic (exact) mass is 257 g/mol. The van der Waals surface area contributed by atoms with E-state index < -0.39 is 12.0 Å². The molecule has 4 nitrogen and oxygen atoms in total. The summed E-state index contributed by atoms with van der Waals surface area (Å²) in [6, 6.07) is 2.46. The molecule has 0 aliphatic rings. The molecule has 0 amide bonds. The van der Waals surface area contributed by atoms with Crippen molar-refractivity contribution >= 4 is 18.4 Å². The van der Waals surface area contributed by atoms with Crippen molar-refractivity contribution in [2.45, 2.75) is 19.4 Å². The Hall–Kier alpha value is -1.52. The highest BCUT2D eigenvalue weighted by Crippen LogP contribution is 2.31. The molecule has 94 valence electrons. The predicted octanol–water partition coefficient (Wildman–Crippen LogP) is 2.40. The van der Waals surface area contributed by atoms with Gasteiger partial charge in [0.05, 0.1) is 5.56 Å². The van der Waals surface area contributed by atoms with Gasteiger partial charge in [0.2, 0.25) is 0 Å². The first-order valence-electron chi connectivity index (χ1n) is 4.91. The van der Waals surface area contributed by atoms with Gasteiger partial charge in [0.15, 0.2) is 0 Å². The minimum atomic E-state index is -1.09. The Labute approximate surface area is 106 Å². The van der Waals surface area contributed by atoms with Gasteiger partial charge in [-0.25, -0.2) is 4.79 Å². The van der Waals surface area contributed by atoms with Crippen LogP contribution in [0.3, 0.4) is 0 Å². The second kappa shape index (κ2) is 6.27. The molecular weight excluding hydrogens is 242 g/mol. The number of phenols is 1. The van der Waals surface area contributed by atoms with E-state index in [2.05, 4.69) is 6.58 Å². The Balaban J connectivity index is 0.00000256. The first-order valence-corrected chi connectivity index (χ1v) is 4.91. The molecular formula is C12H16ClNO3. The van der Waals surface area contributed by atoms with Crippen molar-refractivity contribution in [2.24, 2.45) is 5.73 Å². The molecule has 0 bridgehead atoms. The summed E-state index contributed by atoms with van der Waals surface area (Å²) >= 11 is 0. The van der Waals surface area contributed by atoms with E-state index in [1.807, 2.05) is 0 Å². The number of aryl methyl sites for hydroxylation is 1. The molecule has 1 aromatic carbocycles. The van der Waals surface area contributed by atoms with E-state index in [1.165, 1.54) is 6.07 Å². The predicted molar refractivity (Wildman–Crippen MR) is 68.8 cm³/mol. The van der Waals surface area contributed by atoms with E-state index in [-0.39, 0.29) is 29.3 Å². The molecule has 0 saturated carbocycles. The van der Waals surface area contributed by atoms with E-state index >= 15 is 0 Å². The number of nitrogens with two attached hydrogens (primary N) is 1. The molecule has 0 aromatic heterocycles. The maximum Gasteiger partial charge on any atom is 0.336 e. The Bertz CT molecular complexity index is 432. The number of hydrogen-bond acceptors (Lipinski definition) is 3. The van der Waals surface area contributed by atoms with Gasteiger partial charge in [-0.15, -0.1) is 19.0 Å². The minimum absolute atomic E-state index is 0. The Kier molecular flexibility index (Phi) is 5.71. The van der Waals surface area contributed by atoms with Crippen LogP contribution in [0.4, 0.5) is 0 Å². The van der Waals surface area contributed by atoms with Crippen molar-refractivity contribution in [1.82, 2.24) is 0 Å². The number of aromatic carboxylic acids is 1. The van der Waals surface area contributed by atoms with E-state index in [0.29, 0.717) is 12.0 Å². The number of phenolic OH excluding ortho intramolecular Hbond substituents is 1. The summed E-state index contributed by atoms with van der Waals surface area (Å²) in [5.41, 5.74) is 6.74. The summed E-state index contributed by atoms with van der Waals surface area (Å²) < 4.78 is 0. The summed E-state index contributed by atoms with van der Waals surface area (Å²) in [4.78, 5) is 11.0. The highest BCUT2D eigenvalue weighted by atomic mass is 35.5. The number of hydrogen-bond donors (Lipinski definition) is 3. The zero-order valence-corrected chi connectivity index (χ0v) is 10.3. The first kappa shape index (κ1) is 15.5. The van der Waals surface area contributed by atoms with Crippen molar-refractivity contribution in [3.8, 4) is 5.75 Å². The lowest BCUT2D eigenvalue weighted by atomic mass is 9.95. The number of benzene rings is 1. The van der Waals surface area contributed by atoms with Crippen LogP contribution in [0.25, 0.3) is 0 Å². The lowest BCUT2D eigenvalue weighted by Crippen LogP contribution is -2.15.